The zero-order chi connectivity index (χ0) is 11.4. The SMILES string of the molecule is CCC(NC(C)C(C)C)c1cnn(C)c1. The minimum absolute atomic E-state index is 0.427. The van der Waals surface area contributed by atoms with Crippen molar-refractivity contribution in [2.45, 2.75) is 46.2 Å². The molecule has 0 bridgehead atoms. The van der Waals surface area contributed by atoms with Crippen molar-refractivity contribution in [1.82, 2.24) is 15.1 Å². The molecular formula is C12H23N3. The normalized spacial score (nSPS) is 15.6. The minimum atomic E-state index is 0.427. The summed E-state index contributed by atoms with van der Waals surface area (Å²) in [6.07, 6.45) is 5.14. The van der Waals surface area contributed by atoms with Crippen molar-refractivity contribution >= 4 is 0 Å². The van der Waals surface area contributed by atoms with E-state index in [1.54, 1.807) is 0 Å². The Kier molecular flexibility index (Phi) is 4.33. The zero-order valence-electron chi connectivity index (χ0n) is 10.5. The highest BCUT2D eigenvalue weighted by Crippen LogP contribution is 2.17. The lowest BCUT2D eigenvalue weighted by molar-refractivity contribution is 0.370. The molecule has 3 heteroatoms. The van der Waals surface area contributed by atoms with Crippen LogP contribution in [0.2, 0.25) is 0 Å². The molecule has 15 heavy (non-hydrogen) atoms. The van der Waals surface area contributed by atoms with Crippen molar-refractivity contribution in [2.24, 2.45) is 13.0 Å². The molecule has 86 valence electrons. The summed E-state index contributed by atoms with van der Waals surface area (Å²) >= 11 is 0. The van der Waals surface area contributed by atoms with Crippen LogP contribution in [0.1, 0.15) is 45.7 Å². The molecule has 0 saturated carbocycles. The zero-order valence-corrected chi connectivity index (χ0v) is 10.5. The summed E-state index contributed by atoms with van der Waals surface area (Å²) in [4.78, 5) is 0. The first-order chi connectivity index (χ1) is 7.04. The lowest BCUT2D eigenvalue weighted by Crippen LogP contribution is -2.33. The summed E-state index contributed by atoms with van der Waals surface area (Å²) in [5.74, 6) is 0.663. The summed E-state index contributed by atoms with van der Waals surface area (Å²) in [7, 11) is 1.96. The molecule has 1 aromatic rings. The Bertz CT molecular complexity index is 291. The predicted molar refractivity (Wildman–Crippen MR) is 63.7 cm³/mol. The Labute approximate surface area is 92.9 Å². The summed E-state index contributed by atoms with van der Waals surface area (Å²) in [6.45, 7) is 8.93. The molecule has 1 aromatic heterocycles. The maximum absolute atomic E-state index is 4.21. The van der Waals surface area contributed by atoms with Crippen LogP contribution in [-0.4, -0.2) is 15.8 Å². The van der Waals surface area contributed by atoms with Gasteiger partial charge in [-0.1, -0.05) is 20.8 Å². The van der Waals surface area contributed by atoms with Gasteiger partial charge in [0.25, 0.3) is 0 Å². The van der Waals surface area contributed by atoms with Crippen molar-refractivity contribution in [3.05, 3.63) is 18.0 Å². The van der Waals surface area contributed by atoms with E-state index in [-0.39, 0.29) is 0 Å². The van der Waals surface area contributed by atoms with E-state index >= 15 is 0 Å². The molecule has 0 amide bonds. The number of hydrogen-bond donors (Lipinski definition) is 1. The van der Waals surface area contributed by atoms with E-state index in [4.69, 9.17) is 0 Å². The van der Waals surface area contributed by atoms with Crippen LogP contribution in [-0.2, 0) is 7.05 Å². The molecule has 1 rings (SSSR count). The van der Waals surface area contributed by atoms with E-state index in [9.17, 15) is 0 Å². The molecule has 0 aliphatic rings. The molecule has 0 saturated heterocycles. The summed E-state index contributed by atoms with van der Waals surface area (Å²) in [6, 6.07) is 0.964. The average Bonchev–Trinajstić information content (AvgIpc) is 2.60. The molecule has 0 radical (unpaired) electrons. The van der Waals surface area contributed by atoms with E-state index in [1.807, 2.05) is 17.9 Å². The fourth-order valence-corrected chi connectivity index (χ4v) is 1.58. The van der Waals surface area contributed by atoms with Gasteiger partial charge in [0, 0.05) is 30.9 Å². The number of rotatable bonds is 5. The molecule has 1 N–H and O–H groups in total. The van der Waals surface area contributed by atoms with Crippen molar-refractivity contribution in [3.63, 3.8) is 0 Å². The van der Waals surface area contributed by atoms with Gasteiger partial charge >= 0.3 is 0 Å². The van der Waals surface area contributed by atoms with E-state index in [2.05, 4.69) is 44.3 Å². The maximum Gasteiger partial charge on any atom is 0.0537 e. The van der Waals surface area contributed by atoms with Crippen LogP contribution in [0.15, 0.2) is 12.4 Å². The van der Waals surface area contributed by atoms with Crippen LogP contribution in [0, 0.1) is 5.92 Å². The largest absolute Gasteiger partial charge is 0.307 e. The summed E-state index contributed by atoms with van der Waals surface area (Å²) in [5, 5.41) is 7.86. The molecule has 2 atom stereocenters. The summed E-state index contributed by atoms with van der Waals surface area (Å²) < 4.78 is 1.86. The number of hydrogen-bond acceptors (Lipinski definition) is 2. The van der Waals surface area contributed by atoms with Gasteiger partial charge in [-0.15, -0.1) is 0 Å². The maximum atomic E-state index is 4.21. The van der Waals surface area contributed by atoms with Crippen LogP contribution in [0.25, 0.3) is 0 Å². The van der Waals surface area contributed by atoms with Gasteiger partial charge in [0.15, 0.2) is 0 Å². The first-order valence-corrected chi connectivity index (χ1v) is 5.79. The van der Waals surface area contributed by atoms with Gasteiger partial charge in [0.1, 0.15) is 0 Å². The molecule has 0 spiro atoms. The first kappa shape index (κ1) is 12.2. The fraction of sp³-hybridized carbons (Fsp3) is 0.750. The van der Waals surface area contributed by atoms with Gasteiger partial charge in [0.2, 0.25) is 0 Å². The Balaban J connectivity index is 2.64. The third-order valence-electron chi connectivity index (χ3n) is 3.00. The quantitative estimate of drug-likeness (QED) is 0.807. The summed E-state index contributed by atoms with van der Waals surface area (Å²) in [5.41, 5.74) is 1.28. The van der Waals surface area contributed by atoms with Crippen LogP contribution < -0.4 is 5.32 Å². The van der Waals surface area contributed by atoms with Crippen LogP contribution in [0.5, 0.6) is 0 Å². The highest BCUT2D eigenvalue weighted by atomic mass is 15.2. The third kappa shape index (κ3) is 3.34. The molecule has 0 aliphatic heterocycles. The Hall–Kier alpha value is -0.830. The average molecular weight is 209 g/mol. The van der Waals surface area contributed by atoms with Crippen molar-refractivity contribution in [2.75, 3.05) is 0 Å². The van der Waals surface area contributed by atoms with E-state index in [1.165, 1.54) is 5.56 Å². The van der Waals surface area contributed by atoms with E-state index in [0.717, 1.165) is 6.42 Å². The standard InChI is InChI=1S/C12H23N3/c1-6-12(14-10(4)9(2)3)11-7-13-15(5)8-11/h7-10,12,14H,6H2,1-5H3. The smallest absolute Gasteiger partial charge is 0.0537 e. The molecule has 0 aliphatic carbocycles. The molecule has 0 fully saturated rings. The molecule has 1 heterocycles. The van der Waals surface area contributed by atoms with Crippen molar-refractivity contribution in [3.8, 4) is 0 Å². The predicted octanol–water partition coefficient (Wildman–Crippen LogP) is 2.51. The van der Waals surface area contributed by atoms with E-state index in [0.29, 0.717) is 18.0 Å². The number of nitrogens with one attached hydrogen (secondary N) is 1. The van der Waals surface area contributed by atoms with Gasteiger partial charge in [-0.2, -0.15) is 5.10 Å². The lowest BCUT2D eigenvalue weighted by atomic mass is 10.0. The molecule has 3 nitrogen and oxygen atoms in total. The number of nitrogens with zero attached hydrogens (tertiary/aromatic N) is 2. The second-order valence-corrected chi connectivity index (χ2v) is 4.61. The second-order valence-electron chi connectivity index (χ2n) is 4.61. The second kappa shape index (κ2) is 5.31. The molecule has 2 unspecified atom stereocenters. The Morgan fingerprint density at radius 1 is 1.40 bits per heavy atom. The lowest BCUT2D eigenvalue weighted by Gasteiger charge is -2.24. The number of aryl methyl sites for hydroxylation is 1. The molecular weight excluding hydrogens is 186 g/mol. The third-order valence-corrected chi connectivity index (χ3v) is 3.00. The number of aromatic nitrogens is 2. The molecule has 0 aromatic carbocycles. The van der Waals surface area contributed by atoms with Crippen LogP contribution in [0.3, 0.4) is 0 Å². The first-order valence-electron chi connectivity index (χ1n) is 5.79. The van der Waals surface area contributed by atoms with Gasteiger partial charge in [0.05, 0.1) is 6.20 Å². The van der Waals surface area contributed by atoms with E-state index < -0.39 is 0 Å². The Morgan fingerprint density at radius 2 is 2.07 bits per heavy atom. The fourth-order valence-electron chi connectivity index (χ4n) is 1.58. The van der Waals surface area contributed by atoms with Crippen molar-refractivity contribution < 1.29 is 0 Å². The Morgan fingerprint density at radius 3 is 2.47 bits per heavy atom. The highest BCUT2D eigenvalue weighted by Gasteiger charge is 2.15. The van der Waals surface area contributed by atoms with Gasteiger partial charge < -0.3 is 5.32 Å². The van der Waals surface area contributed by atoms with Crippen LogP contribution in [0.4, 0.5) is 0 Å². The topological polar surface area (TPSA) is 29.9 Å². The van der Waals surface area contributed by atoms with Gasteiger partial charge in [-0.3, -0.25) is 4.68 Å². The van der Waals surface area contributed by atoms with Gasteiger partial charge in [-0.05, 0) is 19.3 Å². The minimum Gasteiger partial charge on any atom is -0.307 e. The van der Waals surface area contributed by atoms with Crippen LogP contribution >= 0.6 is 0 Å². The van der Waals surface area contributed by atoms with Gasteiger partial charge in [-0.25, -0.2) is 0 Å². The highest BCUT2D eigenvalue weighted by molar-refractivity contribution is 5.10. The van der Waals surface area contributed by atoms with Crippen molar-refractivity contribution in [1.29, 1.82) is 0 Å². The monoisotopic (exact) mass is 209 g/mol.